The number of nitrogens with zero attached hydrogens (tertiary/aromatic N) is 1. The van der Waals surface area contributed by atoms with E-state index in [-0.39, 0.29) is 73.4 Å². The summed E-state index contributed by atoms with van der Waals surface area (Å²) in [6.07, 6.45) is -8.83. The van der Waals surface area contributed by atoms with Crippen LogP contribution in [0.1, 0.15) is 155 Å². The summed E-state index contributed by atoms with van der Waals surface area (Å²) in [5.41, 5.74) is 5.46. The first-order valence-electron chi connectivity index (χ1n) is 32.5. The van der Waals surface area contributed by atoms with Crippen molar-refractivity contribution < 1.29 is 86.8 Å². The summed E-state index contributed by atoms with van der Waals surface area (Å²) in [5, 5.41) is 47.9. The monoisotopic (exact) mass is 1370 g/mol. The normalized spacial score (nSPS) is 25.2. The zero-order valence-electron chi connectivity index (χ0n) is 55.5. The number of nitro benzene ring substituents is 1. The van der Waals surface area contributed by atoms with Crippen molar-refractivity contribution in [2.45, 2.75) is 167 Å². The molecule has 0 radical (unpaired) electrons. The van der Waals surface area contributed by atoms with Crippen LogP contribution in [0.3, 0.4) is 0 Å². The van der Waals surface area contributed by atoms with Gasteiger partial charge in [0.1, 0.15) is 41.2 Å². The van der Waals surface area contributed by atoms with Gasteiger partial charge in [0.05, 0.1) is 47.2 Å². The molecule has 4 aliphatic rings. The SMILES string of the molecule is CC1=C2[C@@H](C)C(=O)[C@@]3(C)[C@H]([C@H](OC(=O)c4ccccc4)[C@](O)(C[C@@H]1OC(=O)[C@H](OC(=O)CCC(=O)NCCCCC(NC(=O)CC[C@H](CC(=O)C(C)NC(=O)c1ccc(Cl)cc1[N+](=O)[O-])C(N)=O)C(N)=O)[C@H](NC(=O)c1ccccc1)c1ccccc1)C2(C)C)[C@]1(C)CO[C@@H]1C[C@@H]3O. The van der Waals surface area contributed by atoms with Crippen LogP contribution in [0, 0.1) is 44.1 Å². The number of esters is 3. The highest BCUT2D eigenvalue weighted by molar-refractivity contribution is 6.31. The quantitative estimate of drug-likeness (QED) is 0.00777. The molecule has 1 heterocycles. The van der Waals surface area contributed by atoms with Gasteiger partial charge in [0, 0.05) is 83.9 Å². The lowest BCUT2D eigenvalue weighted by Gasteiger charge is -2.68. The minimum atomic E-state index is -2.17. The van der Waals surface area contributed by atoms with E-state index in [0.29, 0.717) is 16.7 Å². The van der Waals surface area contributed by atoms with E-state index in [9.17, 15) is 63.5 Å². The molecule has 8 rings (SSSR count). The lowest BCUT2D eigenvalue weighted by molar-refractivity contribution is -0.385. The number of rotatable bonds is 29. The Labute approximate surface area is 571 Å². The smallest absolute Gasteiger partial charge is 0.350 e. The molecule has 98 heavy (non-hydrogen) atoms. The highest BCUT2D eigenvalue weighted by Gasteiger charge is 2.75. The van der Waals surface area contributed by atoms with E-state index in [1.165, 1.54) is 25.1 Å². The number of nitro groups is 1. The predicted molar refractivity (Wildman–Crippen MR) is 353 cm³/mol. The fourth-order valence-electron chi connectivity index (χ4n) is 14.6. The molecular weight excluding hydrogens is 1290 g/mol. The van der Waals surface area contributed by atoms with E-state index in [0.717, 1.165) is 12.1 Å². The number of Topliss-reactive ketones (excluding diaryl/α,β-unsaturated/α-hetero) is 2. The van der Waals surface area contributed by atoms with Crippen LogP contribution < -0.4 is 32.7 Å². The number of hydrogen-bond acceptors (Lipinski definition) is 19. The summed E-state index contributed by atoms with van der Waals surface area (Å²) in [4.78, 5) is 162. The molecule has 2 unspecified atom stereocenters. The minimum Gasteiger partial charge on any atom is -0.455 e. The van der Waals surface area contributed by atoms with E-state index in [1.807, 2.05) is 6.92 Å². The molecule has 524 valence electrons. The first kappa shape index (κ1) is 74.5. The second-order valence-electron chi connectivity index (χ2n) is 26.8. The number of primary amides is 2. The Morgan fingerprint density at radius 2 is 1.42 bits per heavy atom. The highest BCUT2D eigenvalue weighted by Crippen LogP contribution is 2.66. The fraction of sp³-hybridized carbons (Fsp3) is 0.479. The summed E-state index contributed by atoms with van der Waals surface area (Å²) < 4.78 is 25.1. The van der Waals surface area contributed by atoms with Crippen LogP contribution in [0.2, 0.25) is 5.02 Å². The molecule has 14 atom stereocenters. The van der Waals surface area contributed by atoms with Crippen molar-refractivity contribution in [3.05, 3.63) is 158 Å². The van der Waals surface area contributed by atoms with Crippen LogP contribution >= 0.6 is 11.6 Å². The fourth-order valence-corrected chi connectivity index (χ4v) is 14.7. The molecule has 27 heteroatoms. The zero-order chi connectivity index (χ0) is 71.8. The van der Waals surface area contributed by atoms with Crippen molar-refractivity contribution in [3.63, 3.8) is 0 Å². The Balaban J connectivity index is 0.937. The van der Waals surface area contributed by atoms with Crippen LogP contribution in [0.4, 0.5) is 5.69 Å². The molecule has 3 aliphatic carbocycles. The maximum Gasteiger partial charge on any atom is 0.350 e. The van der Waals surface area contributed by atoms with E-state index in [1.54, 1.807) is 113 Å². The molecule has 26 nitrogen and oxygen atoms in total. The molecular formula is C71H84ClN7O19. The molecule has 2 saturated carbocycles. The summed E-state index contributed by atoms with van der Waals surface area (Å²) in [5.74, 6) is -12.2. The molecule has 6 amide bonds. The topological polar surface area (TPSA) is 408 Å². The van der Waals surface area contributed by atoms with Gasteiger partial charge in [-0.1, -0.05) is 106 Å². The van der Waals surface area contributed by atoms with Gasteiger partial charge >= 0.3 is 17.9 Å². The van der Waals surface area contributed by atoms with E-state index < -0.39 is 189 Å². The Morgan fingerprint density at radius 1 is 0.786 bits per heavy atom. The number of ketones is 2. The third kappa shape index (κ3) is 16.0. The number of aliphatic hydroxyl groups excluding tert-OH is 1. The molecule has 4 aromatic rings. The average molecular weight is 1370 g/mol. The van der Waals surface area contributed by atoms with Gasteiger partial charge in [-0.15, -0.1) is 0 Å². The molecule has 4 aromatic carbocycles. The van der Waals surface area contributed by atoms with Crippen molar-refractivity contribution in [2.24, 2.45) is 45.5 Å². The van der Waals surface area contributed by atoms with E-state index >= 15 is 9.59 Å². The van der Waals surface area contributed by atoms with Crippen molar-refractivity contribution in [2.75, 3.05) is 13.2 Å². The number of amides is 6. The van der Waals surface area contributed by atoms with Crippen LogP contribution in [0.25, 0.3) is 0 Å². The molecule has 2 bridgehead atoms. The summed E-state index contributed by atoms with van der Waals surface area (Å²) >= 11 is 5.85. The number of fused-ring (bicyclic) bond motifs is 5. The van der Waals surface area contributed by atoms with Gasteiger partial charge in [-0.25, -0.2) is 9.59 Å². The summed E-state index contributed by atoms with van der Waals surface area (Å²) in [6, 6.07) is 23.7. The average Bonchev–Trinajstić information content (AvgIpc) is 0.674. The molecule has 0 spiro atoms. The van der Waals surface area contributed by atoms with Crippen LogP contribution in [-0.4, -0.2) is 141 Å². The maximum absolute atomic E-state index is 15.5. The summed E-state index contributed by atoms with van der Waals surface area (Å²) in [6.45, 7) is 11.8. The first-order valence-corrected chi connectivity index (χ1v) is 32.9. The Bertz CT molecular complexity index is 3760. The molecule has 10 N–H and O–H groups in total. The maximum atomic E-state index is 15.5. The third-order valence-corrected chi connectivity index (χ3v) is 20.4. The third-order valence-electron chi connectivity index (χ3n) is 20.2. The van der Waals surface area contributed by atoms with Gasteiger partial charge in [0.25, 0.3) is 17.5 Å². The number of halogens is 1. The van der Waals surface area contributed by atoms with Crippen LogP contribution in [-0.2, 0) is 57.3 Å². The Morgan fingerprint density at radius 3 is 2.02 bits per heavy atom. The van der Waals surface area contributed by atoms with Crippen molar-refractivity contribution in [1.82, 2.24) is 21.3 Å². The number of carbonyl (C=O) groups is 11. The standard InChI is InChI=1S/C71H84ClN7O19/c1-38-50(36-71(92)61(98-66(90)43-23-15-10-16-24-43)59-69(6)37-95-52(69)35-51(81)70(59,7)60(85)39(2)56(38)68(71,4)5)96-67(91)58(57(41-19-11-8-12-20-41)78-64(88)42-21-13-9-14-22-42)97-55(84)31-30-53(82)75-32-18-17-25-47(63(74)87)77-54(83)29-26-44(62(73)86)33-49(80)40(3)76-65(89)46-28-27-45(72)34-48(46)79(93)94/h8-16,19-24,27-28,34,39-40,44,47,50-52,57-59,61,81,92H,17-18,25-26,29-33,35-37H2,1-7H3,(H2,73,86)(H2,74,87)(H,75,82)(H,76,89)(H,77,83)(H,78,88)/t39-,40?,44-,47?,50+,51+,52-,57-,58-,59-,61+,69-,70-,71-/m1/s1. The van der Waals surface area contributed by atoms with Crippen LogP contribution in [0.15, 0.2) is 120 Å². The number of unbranched alkanes of at least 4 members (excludes halogenated alkanes) is 1. The first-order chi connectivity index (χ1) is 46.2. The highest BCUT2D eigenvalue weighted by atomic mass is 35.5. The number of nitrogens with two attached hydrogens (primary N) is 2. The minimum absolute atomic E-state index is 0.00779. The van der Waals surface area contributed by atoms with Crippen molar-refractivity contribution in [1.29, 1.82) is 0 Å². The van der Waals surface area contributed by atoms with Crippen molar-refractivity contribution >= 4 is 82.2 Å². The van der Waals surface area contributed by atoms with E-state index in [2.05, 4.69) is 21.3 Å². The van der Waals surface area contributed by atoms with Crippen molar-refractivity contribution in [3.8, 4) is 0 Å². The number of nitrogens with one attached hydrogen (secondary N) is 4. The number of benzene rings is 4. The van der Waals surface area contributed by atoms with Gasteiger partial charge in [0.2, 0.25) is 29.7 Å². The lowest BCUT2D eigenvalue weighted by Crippen LogP contribution is -2.77. The Kier molecular flexibility index (Phi) is 23.7. The molecule has 1 saturated heterocycles. The van der Waals surface area contributed by atoms with Gasteiger partial charge < -0.3 is 61.9 Å². The second-order valence-corrected chi connectivity index (χ2v) is 27.2. The number of carbonyl (C=O) groups excluding carboxylic acids is 11. The molecule has 0 aromatic heterocycles. The number of ether oxygens (including phenoxy) is 4. The number of hydrogen-bond donors (Lipinski definition) is 8. The van der Waals surface area contributed by atoms with Crippen LogP contribution in [0.5, 0.6) is 0 Å². The molecule has 1 aliphatic heterocycles. The van der Waals surface area contributed by atoms with Gasteiger partial charge in [-0.2, -0.15) is 0 Å². The van der Waals surface area contributed by atoms with Gasteiger partial charge in [-0.3, -0.25) is 53.3 Å². The van der Waals surface area contributed by atoms with Gasteiger partial charge in [-0.05, 0) is 99.6 Å². The number of aliphatic hydroxyl groups is 2. The second kappa shape index (κ2) is 31.1. The molecule has 3 fully saturated rings. The van der Waals surface area contributed by atoms with Gasteiger partial charge in [0.15, 0.2) is 5.78 Å². The summed E-state index contributed by atoms with van der Waals surface area (Å²) in [7, 11) is 0. The van der Waals surface area contributed by atoms with E-state index in [4.69, 9.17) is 42.0 Å². The predicted octanol–water partition coefficient (Wildman–Crippen LogP) is 5.95. The zero-order valence-corrected chi connectivity index (χ0v) is 56.3. The Hall–Kier alpha value is -9.24. The largest absolute Gasteiger partial charge is 0.455 e. The lowest BCUT2D eigenvalue weighted by atomic mass is 9.41.